The molecule has 0 atom stereocenters. The van der Waals surface area contributed by atoms with Gasteiger partial charge in [0.1, 0.15) is 11.5 Å². The van der Waals surface area contributed by atoms with Gasteiger partial charge < -0.3 is 9.15 Å². The molecule has 0 aliphatic heterocycles. The lowest BCUT2D eigenvalue weighted by atomic mass is 10.1. The molecule has 0 N–H and O–H groups in total. The van der Waals surface area contributed by atoms with E-state index in [2.05, 4.69) is 10.1 Å². The largest absolute Gasteiger partial charge is 0.457 e. The van der Waals surface area contributed by atoms with E-state index in [1.165, 1.54) is 4.68 Å². The second-order valence-electron chi connectivity index (χ2n) is 5.29. The van der Waals surface area contributed by atoms with Crippen LogP contribution in [0, 0.1) is 0 Å². The van der Waals surface area contributed by atoms with E-state index in [1.807, 2.05) is 54.6 Å². The van der Waals surface area contributed by atoms with Crippen LogP contribution in [0.3, 0.4) is 0 Å². The van der Waals surface area contributed by atoms with Crippen LogP contribution >= 0.6 is 0 Å². The van der Waals surface area contributed by atoms with Crippen LogP contribution in [0.4, 0.5) is 0 Å². The van der Waals surface area contributed by atoms with Crippen molar-refractivity contribution in [3.05, 3.63) is 90.0 Å². The van der Waals surface area contributed by atoms with Gasteiger partial charge in [0.2, 0.25) is 6.39 Å². The predicted molar refractivity (Wildman–Crippen MR) is 91.8 cm³/mol. The fourth-order valence-electron chi connectivity index (χ4n) is 2.47. The molecule has 0 amide bonds. The lowest BCUT2D eigenvalue weighted by Gasteiger charge is -2.10. The summed E-state index contributed by atoms with van der Waals surface area (Å²) in [5, 5.41) is 3.94. The van der Waals surface area contributed by atoms with E-state index in [0.29, 0.717) is 17.2 Å². The number of hydrogen-bond acceptors (Lipinski definition) is 5. The standard InChI is InChI=1S/C19H13N3O3/c23-19-22(21-13-24-19)16-9-15(14-5-4-8-20-12-14)10-18(11-16)25-17-6-2-1-3-7-17/h1-13H. The maximum Gasteiger partial charge on any atom is 0.441 e. The lowest BCUT2D eigenvalue weighted by molar-refractivity contribution is 0.481. The Morgan fingerprint density at radius 3 is 2.52 bits per heavy atom. The molecular formula is C19H13N3O3. The van der Waals surface area contributed by atoms with E-state index in [9.17, 15) is 4.79 Å². The lowest BCUT2D eigenvalue weighted by Crippen LogP contribution is -2.13. The molecule has 0 aliphatic rings. The molecule has 6 heteroatoms. The van der Waals surface area contributed by atoms with Crippen LogP contribution in [0.25, 0.3) is 16.8 Å². The molecule has 2 heterocycles. The Morgan fingerprint density at radius 2 is 1.80 bits per heavy atom. The summed E-state index contributed by atoms with van der Waals surface area (Å²) < 4.78 is 11.9. The average molecular weight is 331 g/mol. The van der Waals surface area contributed by atoms with Crippen molar-refractivity contribution in [3.63, 3.8) is 0 Å². The summed E-state index contributed by atoms with van der Waals surface area (Å²) in [5.74, 6) is 0.718. The van der Waals surface area contributed by atoms with Crippen LogP contribution in [0.5, 0.6) is 11.5 Å². The van der Waals surface area contributed by atoms with Gasteiger partial charge in [0.15, 0.2) is 0 Å². The molecule has 122 valence electrons. The minimum atomic E-state index is -0.561. The molecule has 0 bridgehead atoms. The Labute approximate surface area is 143 Å². The van der Waals surface area contributed by atoms with E-state index in [4.69, 9.17) is 9.15 Å². The Kier molecular flexibility index (Phi) is 3.84. The third-order valence-electron chi connectivity index (χ3n) is 3.60. The Balaban J connectivity index is 1.83. The van der Waals surface area contributed by atoms with Gasteiger partial charge in [-0.05, 0) is 35.9 Å². The van der Waals surface area contributed by atoms with Gasteiger partial charge in [0.25, 0.3) is 0 Å². The van der Waals surface area contributed by atoms with Gasteiger partial charge in [-0.15, -0.1) is 5.10 Å². The first-order valence-electron chi connectivity index (χ1n) is 7.61. The number of para-hydroxylation sites is 1. The Morgan fingerprint density at radius 1 is 0.920 bits per heavy atom. The predicted octanol–water partition coefficient (Wildman–Crippen LogP) is 3.68. The molecule has 2 aromatic carbocycles. The summed E-state index contributed by atoms with van der Waals surface area (Å²) in [6.07, 6.45) is 4.56. The monoisotopic (exact) mass is 331 g/mol. The second-order valence-corrected chi connectivity index (χ2v) is 5.29. The van der Waals surface area contributed by atoms with Gasteiger partial charge in [0, 0.05) is 24.0 Å². The zero-order valence-electron chi connectivity index (χ0n) is 13.1. The van der Waals surface area contributed by atoms with Crippen molar-refractivity contribution < 1.29 is 9.15 Å². The molecule has 4 aromatic rings. The van der Waals surface area contributed by atoms with Crippen LogP contribution in [-0.2, 0) is 0 Å². The molecule has 4 rings (SSSR count). The fourth-order valence-corrected chi connectivity index (χ4v) is 2.47. The molecule has 0 fully saturated rings. The van der Waals surface area contributed by atoms with Gasteiger partial charge in [-0.3, -0.25) is 4.98 Å². The zero-order chi connectivity index (χ0) is 17.1. The maximum atomic E-state index is 11.8. The summed E-state index contributed by atoms with van der Waals surface area (Å²) in [6.45, 7) is 0. The molecule has 0 radical (unpaired) electrons. The normalized spacial score (nSPS) is 10.6. The molecule has 0 saturated carbocycles. The number of benzene rings is 2. The Bertz CT molecular complexity index is 1040. The molecule has 0 unspecified atom stereocenters. The summed E-state index contributed by atoms with van der Waals surface area (Å²) in [4.78, 5) is 16.0. The average Bonchev–Trinajstić information content (AvgIpc) is 3.09. The van der Waals surface area contributed by atoms with Gasteiger partial charge in [-0.2, -0.15) is 4.68 Å². The van der Waals surface area contributed by atoms with Crippen molar-refractivity contribution in [1.82, 2.24) is 14.8 Å². The molecule has 6 nitrogen and oxygen atoms in total. The number of pyridine rings is 1. The van der Waals surface area contributed by atoms with E-state index < -0.39 is 5.76 Å². The highest BCUT2D eigenvalue weighted by atomic mass is 16.5. The van der Waals surface area contributed by atoms with Crippen molar-refractivity contribution in [2.75, 3.05) is 0 Å². The highest BCUT2D eigenvalue weighted by Gasteiger charge is 2.10. The van der Waals surface area contributed by atoms with Gasteiger partial charge in [-0.1, -0.05) is 24.3 Å². The van der Waals surface area contributed by atoms with E-state index in [-0.39, 0.29) is 0 Å². The van der Waals surface area contributed by atoms with Gasteiger partial charge in [0.05, 0.1) is 5.69 Å². The van der Waals surface area contributed by atoms with Crippen molar-refractivity contribution in [2.24, 2.45) is 0 Å². The van der Waals surface area contributed by atoms with Gasteiger partial charge in [-0.25, -0.2) is 4.79 Å². The number of nitrogens with zero attached hydrogens (tertiary/aromatic N) is 3. The number of hydrogen-bond donors (Lipinski definition) is 0. The fraction of sp³-hybridized carbons (Fsp3) is 0. The van der Waals surface area contributed by atoms with Crippen LogP contribution in [0.15, 0.2) is 88.7 Å². The van der Waals surface area contributed by atoms with Crippen molar-refractivity contribution in [3.8, 4) is 28.3 Å². The van der Waals surface area contributed by atoms with Crippen LogP contribution in [-0.4, -0.2) is 14.8 Å². The highest BCUT2D eigenvalue weighted by molar-refractivity contribution is 5.67. The van der Waals surface area contributed by atoms with Crippen LogP contribution in [0.1, 0.15) is 0 Å². The quantitative estimate of drug-likeness (QED) is 0.570. The first-order chi connectivity index (χ1) is 12.3. The molecule has 0 spiro atoms. The summed E-state index contributed by atoms with van der Waals surface area (Å²) in [5.41, 5.74) is 2.30. The third-order valence-corrected chi connectivity index (χ3v) is 3.60. The van der Waals surface area contributed by atoms with E-state index in [0.717, 1.165) is 17.5 Å². The van der Waals surface area contributed by atoms with E-state index >= 15 is 0 Å². The minimum Gasteiger partial charge on any atom is -0.457 e. The molecule has 0 saturated heterocycles. The molecule has 2 aromatic heterocycles. The summed E-state index contributed by atoms with van der Waals surface area (Å²) in [6, 6.07) is 18.7. The Hall–Kier alpha value is -3.67. The third kappa shape index (κ3) is 3.18. The number of rotatable bonds is 4. The van der Waals surface area contributed by atoms with Crippen molar-refractivity contribution in [2.45, 2.75) is 0 Å². The van der Waals surface area contributed by atoms with E-state index in [1.54, 1.807) is 18.5 Å². The van der Waals surface area contributed by atoms with Crippen LogP contribution < -0.4 is 10.5 Å². The zero-order valence-corrected chi connectivity index (χ0v) is 13.1. The molecular weight excluding hydrogens is 318 g/mol. The highest BCUT2D eigenvalue weighted by Crippen LogP contribution is 2.29. The minimum absolute atomic E-state index is 0.547. The maximum absolute atomic E-state index is 11.8. The summed E-state index contributed by atoms with van der Waals surface area (Å²) in [7, 11) is 0. The number of aromatic nitrogens is 3. The molecule has 25 heavy (non-hydrogen) atoms. The van der Waals surface area contributed by atoms with Crippen LogP contribution in [0.2, 0.25) is 0 Å². The number of ether oxygens (including phenoxy) is 1. The van der Waals surface area contributed by atoms with Crippen molar-refractivity contribution >= 4 is 0 Å². The van der Waals surface area contributed by atoms with Gasteiger partial charge >= 0.3 is 5.76 Å². The SMILES string of the molecule is O=c1ocnn1-c1cc(Oc2ccccc2)cc(-c2cccnc2)c1. The first-order valence-corrected chi connectivity index (χ1v) is 7.61. The summed E-state index contributed by atoms with van der Waals surface area (Å²) >= 11 is 0. The topological polar surface area (TPSA) is 70.2 Å². The first kappa shape index (κ1) is 14.9. The smallest absolute Gasteiger partial charge is 0.441 e. The molecule has 0 aliphatic carbocycles. The second kappa shape index (κ2) is 6.45. The van der Waals surface area contributed by atoms with Crippen molar-refractivity contribution in [1.29, 1.82) is 0 Å².